The molecule has 0 bridgehead atoms. The number of nitrogens with one attached hydrogen (secondary N) is 1. The second-order valence-electron chi connectivity index (χ2n) is 4.55. The Morgan fingerprint density at radius 3 is 2.70 bits per heavy atom. The molecule has 0 aliphatic carbocycles. The molecule has 1 atom stereocenters. The fourth-order valence-corrected chi connectivity index (χ4v) is 3.32. The average Bonchev–Trinajstić information content (AvgIpc) is 2.44. The topological polar surface area (TPSA) is 84.9 Å². The Morgan fingerprint density at radius 1 is 1.30 bits per heavy atom. The molecule has 2 N–H and O–H groups in total. The zero-order chi connectivity index (χ0) is 14.6. The van der Waals surface area contributed by atoms with Crippen molar-refractivity contribution in [2.24, 2.45) is 0 Å². The van der Waals surface area contributed by atoms with Crippen LogP contribution in [0.1, 0.15) is 6.92 Å². The highest BCUT2D eigenvalue weighted by atomic mass is 32.2. The quantitative estimate of drug-likeness (QED) is 0.781. The summed E-state index contributed by atoms with van der Waals surface area (Å²) in [5.74, 6) is 0.654. The molecule has 0 spiro atoms. The molecule has 112 valence electrons. The number of hydrogen-bond donors (Lipinski definition) is 2. The Balaban J connectivity index is 2.13. The molecule has 1 aliphatic rings. The lowest BCUT2D eigenvalue weighted by Gasteiger charge is -2.19. The van der Waals surface area contributed by atoms with E-state index in [2.05, 4.69) is 5.32 Å². The van der Waals surface area contributed by atoms with E-state index >= 15 is 0 Å². The van der Waals surface area contributed by atoms with Crippen molar-refractivity contribution >= 4 is 9.84 Å². The summed E-state index contributed by atoms with van der Waals surface area (Å²) in [5.41, 5.74) is 0. The Kier molecular flexibility index (Phi) is 4.85. The lowest BCUT2D eigenvalue weighted by atomic mass is 10.3. The number of aliphatic hydroxyl groups excluding tert-OH is 1. The summed E-state index contributed by atoms with van der Waals surface area (Å²) in [6.45, 7) is 3.68. The molecular weight excluding hydrogens is 282 g/mol. The van der Waals surface area contributed by atoms with Crippen LogP contribution in [0.15, 0.2) is 23.1 Å². The third-order valence-corrected chi connectivity index (χ3v) is 4.71. The van der Waals surface area contributed by atoms with Gasteiger partial charge in [0.05, 0.1) is 16.8 Å². The maximum absolute atomic E-state index is 12.2. The minimum atomic E-state index is -3.55. The van der Waals surface area contributed by atoms with Crippen molar-refractivity contribution < 1.29 is 23.0 Å². The van der Waals surface area contributed by atoms with Crippen molar-refractivity contribution in [3.63, 3.8) is 0 Å². The molecule has 1 heterocycles. The summed E-state index contributed by atoms with van der Waals surface area (Å²) in [7, 11) is -3.55. The molecule has 0 aromatic heterocycles. The first-order chi connectivity index (χ1) is 9.53. The number of likely N-dealkylation sites (N-methyl/N-ethyl adjacent to an activating group) is 1. The second kappa shape index (κ2) is 6.43. The number of sulfone groups is 1. The van der Waals surface area contributed by atoms with E-state index in [1.165, 1.54) is 12.1 Å². The molecule has 0 saturated carbocycles. The van der Waals surface area contributed by atoms with Crippen LogP contribution in [-0.4, -0.2) is 51.7 Å². The van der Waals surface area contributed by atoms with E-state index in [4.69, 9.17) is 9.47 Å². The first kappa shape index (κ1) is 15.1. The van der Waals surface area contributed by atoms with Crippen LogP contribution in [0, 0.1) is 0 Å². The van der Waals surface area contributed by atoms with Gasteiger partial charge in [-0.2, -0.15) is 0 Å². The molecular formula is C13H19NO5S. The minimum Gasteiger partial charge on any atom is -0.486 e. The molecule has 7 heteroatoms. The van der Waals surface area contributed by atoms with Gasteiger partial charge in [0, 0.05) is 12.6 Å². The third-order valence-electron chi connectivity index (χ3n) is 2.91. The highest BCUT2D eigenvalue weighted by molar-refractivity contribution is 7.91. The van der Waals surface area contributed by atoms with Crippen molar-refractivity contribution in [3.8, 4) is 11.5 Å². The van der Waals surface area contributed by atoms with Crippen LogP contribution >= 0.6 is 0 Å². The SMILES string of the molecule is CCNCC(O)CS(=O)(=O)c1ccc2c(c1)OCCO2. The number of benzene rings is 1. The largest absolute Gasteiger partial charge is 0.486 e. The van der Waals surface area contributed by atoms with E-state index in [1.54, 1.807) is 6.07 Å². The zero-order valence-electron chi connectivity index (χ0n) is 11.3. The molecule has 0 saturated heterocycles. The van der Waals surface area contributed by atoms with Gasteiger partial charge in [-0.25, -0.2) is 8.42 Å². The number of aliphatic hydroxyl groups is 1. The van der Waals surface area contributed by atoms with E-state index in [1.807, 2.05) is 6.92 Å². The monoisotopic (exact) mass is 301 g/mol. The van der Waals surface area contributed by atoms with Gasteiger partial charge in [-0.3, -0.25) is 0 Å². The van der Waals surface area contributed by atoms with E-state index in [-0.39, 0.29) is 17.2 Å². The van der Waals surface area contributed by atoms with Gasteiger partial charge in [0.15, 0.2) is 21.3 Å². The van der Waals surface area contributed by atoms with Crippen LogP contribution in [0.4, 0.5) is 0 Å². The van der Waals surface area contributed by atoms with Crippen molar-refractivity contribution in [2.75, 3.05) is 32.1 Å². The van der Waals surface area contributed by atoms with E-state index in [0.29, 0.717) is 31.3 Å². The zero-order valence-corrected chi connectivity index (χ0v) is 12.1. The predicted octanol–water partition coefficient (Wildman–Crippen LogP) is 0.202. The molecule has 0 amide bonds. The van der Waals surface area contributed by atoms with E-state index < -0.39 is 15.9 Å². The number of rotatable bonds is 6. The summed E-state index contributed by atoms with van der Waals surface area (Å²) in [4.78, 5) is 0.136. The Labute approximate surface area is 118 Å². The molecule has 2 rings (SSSR count). The fourth-order valence-electron chi connectivity index (χ4n) is 1.94. The summed E-state index contributed by atoms with van der Waals surface area (Å²) in [5, 5.41) is 12.6. The maximum atomic E-state index is 12.2. The van der Waals surface area contributed by atoms with Gasteiger partial charge in [-0.1, -0.05) is 6.92 Å². The smallest absolute Gasteiger partial charge is 0.181 e. The van der Waals surface area contributed by atoms with Crippen LogP contribution in [0.25, 0.3) is 0 Å². The lowest BCUT2D eigenvalue weighted by molar-refractivity contribution is 0.171. The van der Waals surface area contributed by atoms with Crippen LogP contribution < -0.4 is 14.8 Å². The van der Waals surface area contributed by atoms with Crippen LogP contribution in [0.3, 0.4) is 0 Å². The van der Waals surface area contributed by atoms with Gasteiger partial charge in [0.25, 0.3) is 0 Å². The highest BCUT2D eigenvalue weighted by Gasteiger charge is 2.22. The molecule has 20 heavy (non-hydrogen) atoms. The van der Waals surface area contributed by atoms with Crippen LogP contribution in [-0.2, 0) is 9.84 Å². The minimum absolute atomic E-state index is 0.136. The van der Waals surface area contributed by atoms with Gasteiger partial charge in [-0.15, -0.1) is 0 Å². The first-order valence-electron chi connectivity index (χ1n) is 6.54. The molecule has 6 nitrogen and oxygen atoms in total. The van der Waals surface area contributed by atoms with Gasteiger partial charge in [0.1, 0.15) is 13.2 Å². The number of hydrogen-bond acceptors (Lipinski definition) is 6. The Hall–Kier alpha value is -1.31. The first-order valence-corrected chi connectivity index (χ1v) is 8.19. The second-order valence-corrected chi connectivity index (χ2v) is 6.58. The maximum Gasteiger partial charge on any atom is 0.181 e. The molecule has 1 aromatic carbocycles. The van der Waals surface area contributed by atoms with Crippen molar-refractivity contribution in [2.45, 2.75) is 17.9 Å². The van der Waals surface area contributed by atoms with Crippen molar-refractivity contribution in [1.29, 1.82) is 0 Å². The fraction of sp³-hybridized carbons (Fsp3) is 0.538. The molecule has 0 radical (unpaired) electrons. The van der Waals surface area contributed by atoms with E-state index in [0.717, 1.165) is 0 Å². The van der Waals surface area contributed by atoms with Crippen molar-refractivity contribution in [1.82, 2.24) is 5.32 Å². The predicted molar refractivity (Wildman–Crippen MR) is 74.0 cm³/mol. The normalized spacial score (nSPS) is 15.9. The number of fused-ring (bicyclic) bond motifs is 1. The van der Waals surface area contributed by atoms with Crippen LogP contribution in [0.2, 0.25) is 0 Å². The lowest BCUT2D eigenvalue weighted by Crippen LogP contribution is -2.32. The molecule has 1 aliphatic heterocycles. The van der Waals surface area contributed by atoms with Gasteiger partial charge in [-0.05, 0) is 18.7 Å². The summed E-state index contributed by atoms with van der Waals surface area (Å²) < 4.78 is 35.1. The van der Waals surface area contributed by atoms with E-state index in [9.17, 15) is 13.5 Å². The van der Waals surface area contributed by atoms with Gasteiger partial charge in [0.2, 0.25) is 0 Å². The molecule has 1 unspecified atom stereocenters. The molecule has 1 aromatic rings. The Bertz CT molecular complexity index is 558. The highest BCUT2D eigenvalue weighted by Crippen LogP contribution is 2.32. The van der Waals surface area contributed by atoms with Gasteiger partial charge < -0.3 is 19.9 Å². The summed E-state index contributed by atoms with van der Waals surface area (Å²) >= 11 is 0. The number of ether oxygens (including phenoxy) is 2. The summed E-state index contributed by atoms with van der Waals surface area (Å²) in [6.07, 6.45) is -0.937. The van der Waals surface area contributed by atoms with Crippen LogP contribution in [0.5, 0.6) is 11.5 Å². The Morgan fingerprint density at radius 2 is 2.00 bits per heavy atom. The molecule has 0 fully saturated rings. The van der Waals surface area contributed by atoms with Gasteiger partial charge >= 0.3 is 0 Å². The standard InChI is InChI=1S/C13H19NO5S/c1-2-14-8-10(15)9-20(16,17)11-3-4-12-13(7-11)19-6-5-18-12/h3-4,7,10,14-15H,2,5-6,8-9H2,1H3. The average molecular weight is 301 g/mol. The van der Waals surface area contributed by atoms with Crippen molar-refractivity contribution in [3.05, 3.63) is 18.2 Å². The summed E-state index contributed by atoms with van der Waals surface area (Å²) in [6, 6.07) is 4.50. The third kappa shape index (κ3) is 3.62.